The van der Waals surface area contributed by atoms with Gasteiger partial charge in [0.2, 0.25) is 5.91 Å². The van der Waals surface area contributed by atoms with E-state index in [1.807, 2.05) is 6.92 Å². The molecule has 0 aliphatic heterocycles. The maximum Gasteiger partial charge on any atom is 0.230 e. The van der Waals surface area contributed by atoms with Crippen LogP contribution in [0.3, 0.4) is 0 Å². The number of halogens is 1. The normalized spacial score (nSPS) is 23.1. The van der Waals surface area contributed by atoms with E-state index in [1.165, 1.54) is 12.1 Å². The van der Waals surface area contributed by atoms with Gasteiger partial charge in [-0.2, -0.15) is 0 Å². The van der Waals surface area contributed by atoms with Crippen molar-refractivity contribution in [2.75, 3.05) is 11.4 Å². The summed E-state index contributed by atoms with van der Waals surface area (Å²) in [5.41, 5.74) is 6.46. The minimum Gasteiger partial charge on any atom is -0.328 e. The molecular weight excluding hydrogens is 231 g/mol. The van der Waals surface area contributed by atoms with E-state index in [0.717, 1.165) is 19.3 Å². The van der Waals surface area contributed by atoms with Crippen molar-refractivity contribution in [3.05, 3.63) is 30.1 Å². The number of benzene rings is 1. The average molecular weight is 250 g/mol. The monoisotopic (exact) mass is 250 g/mol. The summed E-state index contributed by atoms with van der Waals surface area (Å²) < 4.78 is 13.2. The lowest BCUT2D eigenvalue weighted by atomic mass is 10.1. The van der Waals surface area contributed by atoms with Crippen molar-refractivity contribution in [1.29, 1.82) is 0 Å². The Balaban J connectivity index is 2.15. The lowest BCUT2D eigenvalue weighted by Gasteiger charge is -2.24. The van der Waals surface area contributed by atoms with Gasteiger partial charge in [-0.3, -0.25) is 4.79 Å². The number of rotatable bonds is 3. The average Bonchev–Trinajstić information content (AvgIpc) is 2.77. The van der Waals surface area contributed by atoms with Crippen LogP contribution in [0.5, 0.6) is 0 Å². The molecule has 1 fully saturated rings. The minimum atomic E-state index is -0.318. The van der Waals surface area contributed by atoms with Gasteiger partial charge in [0.25, 0.3) is 0 Å². The highest BCUT2D eigenvalue weighted by molar-refractivity contribution is 5.95. The Kier molecular flexibility index (Phi) is 3.97. The Bertz CT molecular complexity index is 436. The Morgan fingerprint density at radius 3 is 2.83 bits per heavy atom. The van der Waals surface area contributed by atoms with Crippen molar-refractivity contribution in [1.82, 2.24) is 0 Å². The highest BCUT2D eigenvalue weighted by Crippen LogP contribution is 2.28. The van der Waals surface area contributed by atoms with Crippen LogP contribution in [-0.2, 0) is 4.79 Å². The lowest BCUT2D eigenvalue weighted by molar-refractivity contribution is -0.122. The van der Waals surface area contributed by atoms with E-state index in [9.17, 15) is 9.18 Å². The van der Waals surface area contributed by atoms with E-state index in [-0.39, 0.29) is 23.7 Å². The molecule has 3 nitrogen and oxygen atoms in total. The van der Waals surface area contributed by atoms with Gasteiger partial charge in [-0.25, -0.2) is 4.39 Å². The quantitative estimate of drug-likeness (QED) is 0.894. The fraction of sp³-hybridized carbons (Fsp3) is 0.500. The fourth-order valence-electron chi connectivity index (χ4n) is 2.57. The maximum absolute atomic E-state index is 13.2. The first-order chi connectivity index (χ1) is 8.61. The second-order valence-electron chi connectivity index (χ2n) is 4.83. The molecule has 2 rings (SSSR count). The number of nitrogens with zero attached hydrogens (tertiary/aromatic N) is 1. The van der Waals surface area contributed by atoms with Crippen LogP contribution in [0.4, 0.5) is 10.1 Å². The molecule has 4 heteroatoms. The first-order valence-corrected chi connectivity index (χ1v) is 6.44. The molecule has 1 aliphatic rings. The summed E-state index contributed by atoms with van der Waals surface area (Å²) >= 11 is 0. The molecule has 0 saturated heterocycles. The summed E-state index contributed by atoms with van der Waals surface area (Å²) in [6.45, 7) is 2.45. The van der Waals surface area contributed by atoms with E-state index in [2.05, 4.69) is 0 Å². The number of hydrogen-bond acceptors (Lipinski definition) is 2. The summed E-state index contributed by atoms with van der Waals surface area (Å²) in [5.74, 6) is -0.263. The van der Waals surface area contributed by atoms with E-state index in [0.29, 0.717) is 12.2 Å². The Morgan fingerprint density at radius 2 is 2.28 bits per heavy atom. The number of carbonyl (C=O) groups is 1. The van der Waals surface area contributed by atoms with Crippen LogP contribution in [-0.4, -0.2) is 18.5 Å². The molecule has 2 unspecified atom stereocenters. The molecule has 0 radical (unpaired) electrons. The number of carbonyl (C=O) groups excluding carboxylic acids is 1. The number of amides is 1. The standard InChI is InChI=1S/C14H19FN2O/c1-2-17(13-5-3-4-11(15)9-13)14(18)10-6-7-12(16)8-10/h3-5,9-10,12H,2,6-8,16H2,1H3. The summed E-state index contributed by atoms with van der Waals surface area (Å²) in [7, 11) is 0. The van der Waals surface area contributed by atoms with Gasteiger partial charge in [0.05, 0.1) is 0 Å². The van der Waals surface area contributed by atoms with Gasteiger partial charge < -0.3 is 10.6 Å². The molecule has 98 valence electrons. The second-order valence-corrected chi connectivity index (χ2v) is 4.83. The molecule has 0 bridgehead atoms. The van der Waals surface area contributed by atoms with Gasteiger partial charge in [-0.05, 0) is 44.4 Å². The molecule has 18 heavy (non-hydrogen) atoms. The van der Waals surface area contributed by atoms with Crippen LogP contribution in [0.2, 0.25) is 0 Å². The first kappa shape index (κ1) is 13.0. The van der Waals surface area contributed by atoms with Crippen molar-refractivity contribution < 1.29 is 9.18 Å². The minimum absolute atomic E-state index is 0.0109. The van der Waals surface area contributed by atoms with Gasteiger partial charge >= 0.3 is 0 Å². The molecule has 1 saturated carbocycles. The zero-order valence-corrected chi connectivity index (χ0v) is 10.6. The number of anilines is 1. The molecule has 0 spiro atoms. The van der Waals surface area contributed by atoms with E-state index >= 15 is 0 Å². The van der Waals surface area contributed by atoms with E-state index in [4.69, 9.17) is 5.73 Å². The molecule has 0 aromatic heterocycles. The van der Waals surface area contributed by atoms with Gasteiger partial charge in [0, 0.05) is 24.2 Å². The van der Waals surface area contributed by atoms with Crippen LogP contribution in [0.25, 0.3) is 0 Å². The molecule has 1 amide bonds. The van der Waals surface area contributed by atoms with Crippen LogP contribution in [0.15, 0.2) is 24.3 Å². The van der Waals surface area contributed by atoms with Crippen molar-refractivity contribution in [3.63, 3.8) is 0 Å². The predicted octanol–water partition coefficient (Wildman–Crippen LogP) is 2.31. The largest absolute Gasteiger partial charge is 0.328 e. The van der Waals surface area contributed by atoms with Crippen LogP contribution >= 0.6 is 0 Å². The first-order valence-electron chi connectivity index (χ1n) is 6.44. The highest BCUT2D eigenvalue weighted by Gasteiger charge is 2.31. The maximum atomic E-state index is 13.2. The molecule has 2 atom stereocenters. The Labute approximate surface area is 107 Å². The SMILES string of the molecule is CCN(C(=O)C1CCC(N)C1)c1cccc(F)c1. The predicted molar refractivity (Wildman–Crippen MR) is 69.7 cm³/mol. The molecule has 1 aliphatic carbocycles. The zero-order valence-electron chi connectivity index (χ0n) is 10.6. The van der Waals surface area contributed by atoms with Crippen LogP contribution < -0.4 is 10.6 Å². The van der Waals surface area contributed by atoms with Gasteiger partial charge in [-0.1, -0.05) is 6.07 Å². The van der Waals surface area contributed by atoms with Gasteiger partial charge in [0.1, 0.15) is 5.82 Å². The molecule has 1 aromatic rings. The van der Waals surface area contributed by atoms with Crippen LogP contribution in [0.1, 0.15) is 26.2 Å². The fourth-order valence-corrected chi connectivity index (χ4v) is 2.57. The topological polar surface area (TPSA) is 46.3 Å². The lowest BCUT2D eigenvalue weighted by Crippen LogP contribution is -2.35. The van der Waals surface area contributed by atoms with Gasteiger partial charge in [-0.15, -0.1) is 0 Å². The molecular formula is C14H19FN2O. The molecule has 0 heterocycles. The third-order valence-corrected chi connectivity index (χ3v) is 3.52. The van der Waals surface area contributed by atoms with Crippen molar-refractivity contribution in [3.8, 4) is 0 Å². The van der Waals surface area contributed by atoms with Gasteiger partial charge in [0.15, 0.2) is 0 Å². The van der Waals surface area contributed by atoms with E-state index in [1.54, 1.807) is 17.0 Å². The molecule has 1 aromatic carbocycles. The molecule has 2 N–H and O–H groups in total. The van der Waals surface area contributed by atoms with Crippen molar-refractivity contribution in [2.45, 2.75) is 32.2 Å². The van der Waals surface area contributed by atoms with E-state index < -0.39 is 0 Å². The smallest absolute Gasteiger partial charge is 0.230 e. The number of hydrogen-bond donors (Lipinski definition) is 1. The van der Waals surface area contributed by atoms with Crippen molar-refractivity contribution >= 4 is 11.6 Å². The Hall–Kier alpha value is -1.42. The summed E-state index contributed by atoms with van der Waals surface area (Å²) in [6.07, 6.45) is 2.48. The van der Waals surface area contributed by atoms with Crippen LogP contribution in [0, 0.1) is 11.7 Å². The zero-order chi connectivity index (χ0) is 13.1. The summed E-state index contributed by atoms with van der Waals surface area (Å²) in [4.78, 5) is 14.0. The summed E-state index contributed by atoms with van der Waals surface area (Å²) in [5, 5.41) is 0. The third kappa shape index (κ3) is 2.70. The third-order valence-electron chi connectivity index (χ3n) is 3.52. The van der Waals surface area contributed by atoms with Crippen molar-refractivity contribution in [2.24, 2.45) is 11.7 Å². The Morgan fingerprint density at radius 1 is 1.50 bits per heavy atom. The number of nitrogens with two attached hydrogens (primary N) is 1. The summed E-state index contributed by atoms with van der Waals surface area (Å²) in [6, 6.07) is 6.30. The second kappa shape index (κ2) is 5.48. The highest BCUT2D eigenvalue weighted by atomic mass is 19.1.